The third kappa shape index (κ3) is 9.74. The summed E-state index contributed by atoms with van der Waals surface area (Å²) in [6, 6.07) is 20.7. The number of rotatable bonds is 16. The highest BCUT2D eigenvalue weighted by atomic mass is 16.5. The van der Waals surface area contributed by atoms with E-state index < -0.39 is 5.97 Å². The number of esters is 1. The minimum absolute atomic E-state index is 0.248. The molecule has 0 radical (unpaired) electrons. The molecule has 0 fully saturated rings. The summed E-state index contributed by atoms with van der Waals surface area (Å²) in [5.74, 6) is 2.50. The largest absolute Gasteiger partial charge is 0.508 e. The van der Waals surface area contributed by atoms with Crippen molar-refractivity contribution in [1.82, 2.24) is 0 Å². The van der Waals surface area contributed by atoms with Crippen molar-refractivity contribution < 1.29 is 28.8 Å². The van der Waals surface area contributed by atoms with E-state index in [1.165, 1.54) is 12.8 Å². The van der Waals surface area contributed by atoms with Gasteiger partial charge >= 0.3 is 5.97 Å². The maximum atomic E-state index is 12.3. The van der Waals surface area contributed by atoms with Gasteiger partial charge in [-0.15, -0.1) is 0 Å². The van der Waals surface area contributed by atoms with Crippen molar-refractivity contribution in [2.24, 2.45) is 0 Å². The number of carbonyl (C=O) groups excluding carboxylic acids is 1. The number of phenols is 1. The maximum Gasteiger partial charge on any atom is 0.343 e. The van der Waals surface area contributed by atoms with Crippen LogP contribution in [0.2, 0.25) is 0 Å². The van der Waals surface area contributed by atoms with Crippen molar-refractivity contribution in [3.63, 3.8) is 0 Å². The molecule has 0 aromatic heterocycles. The molecule has 3 rings (SSSR count). The monoisotopic (exact) mass is 490 g/mol. The van der Waals surface area contributed by atoms with Crippen LogP contribution in [-0.2, 0) is 0 Å². The van der Waals surface area contributed by atoms with Crippen LogP contribution in [0.1, 0.15) is 48.9 Å². The number of benzene rings is 3. The van der Waals surface area contributed by atoms with Gasteiger partial charge in [0.2, 0.25) is 0 Å². The Balaban J connectivity index is 1.23. The zero-order valence-electron chi connectivity index (χ0n) is 20.6. The Labute approximate surface area is 213 Å². The topological polar surface area (TPSA) is 74.2 Å². The van der Waals surface area contributed by atoms with Gasteiger partial charge in [0.1, 0.15) is 35.4 Å². The minimum Gasteiger partial charge on any atom is -0.508 e. The third-order valence-corrected chi connectivity index (χ3v) is 5.41. The number of hydrogen-bond acceptors (Lipinski definition) is 6. The van der Waals surface area contributed by atoms with Gasteiger partial charge < -0.3 is 24.1 Å². The summed E-state index contributed by atoms with van der Waals surface area (Å²) in [6.45, 7) is 5.37. The van der Waals surface area contributed by atoms with Gasteiger partial charge in [-0.2, -0.15) is 0 Å². The van der Waals surface area contributed by atoms with Gasteiger partial charge in [-0.3, -0.25) is 0 Å². The molecular weight excluding hydrogens is 456 g/mol. The molecule has 0 aliphatic carbocycles. The molecule has 0 bridgehead atoms. The van der Waals surface area contributed by atoms with Gasteiger partial charge in [-0.25, -0.2) is 4.79 Å². The van der Waals surface area contributed by atoms with E-state index in [1.807, 2.05) is 12.1 Å². The van der Waals surface area contributed by atoms with Gasteiger partial charge in [-0.1, -0.05) is 38.3 Å². The number of unbranched alkanes of at least 4 members (excludes halogenated alkanes) is 5. The van der Waals surface area contributed by atoms with Crippen LogP contribution in [-0.4, -0.2) is 30.9 Å². The van der Waals surface area contributed by atoms with Gasteiger partial charge in [0.25, 0.3) is 0 Å². The Morgan fingerprint density at radius 3 is 1.64 bits per heavy atom. The van der Waals surface area contributed by atoms with Gasteiger partial charge in [0.05, 0.1) is 18.8 Å². The van der Waals surface area contributed by atoms with Crippen molar-refractivity contribution in [2.75, 3.05) is 19.8 Å². The van der Waals surface area contributed by atoms with Gasteiger partial charge in [0.15, 0.2) is 0 Å². The molecule has 0 heterocycles. The lowest BCUT2D eigenvalue weighted by molar-refractivity contribution is 0.0734. The van der Waals surface area contributed by atoms with E-state index in [0.717, 1.165) is 37.2 Å². The SMILES string of the molecule is C=CCOc1ccc(C(=O)Oc2ccc(OCCCCCCCCOc3ccc(O)cc3)cc2)cc1. The van der Waals surface area contributed by atoms with Crippen LogP contribution >= 0.6 is 0 Å². The van der Waals surface area contributed by atoms with Crippen LogP contribution < -0.4 is 18.9 Å². The molecule has 36 heavy (non-hydrogen) atoms. The van der Waals surface area contributed by atoms with E-state index in [0.29, 0.717) is 36.9 Å². The number of ether oxygens (including phenoxy) is 4. The Hall–Kier alpha value is -3.93. The van der Waals surface area contributed by atoms with Crippen molar-refractivity contribution in [3.8, 4) is 28.7 Å². The molecule has 0 atom stereocenters. The van der Waals surface area contributed by atoms with Crippen molar-refractivity contribution in [3.05, 3.63) is 91.0 Å². The number of carbonyl (C=O) groups is 1. The van der Waals surface area contributed by atoms with Crippen molar-refractivity contribution >= 4 is 5.97 Å². The molecule has 3 aromatic rings. The molecule has 1 N–H and O–H groups in total. The highest BCUT2D eigenvalue weighted by Crippen LogP contribution is 2.20. The van der Waals surface area contributed by atoms with E-state index in [-0.39, 0.29) is 5.75 Å². The third-order valence-electron chi connectivity index (χ3n) is 5.41. The average Bonchev–Trinajstić information content (AvgIpc) is 2.90. The fourth-order valence-electron chi connectivity index (χ4n) is 3.45. The van der Waals surface area contributed by atoms with Crippen LogP contribution in [0.3, 0.4) is 0 Å². The molecule has 6 nitrogen and oxygen atoms in total. The van der Waals surface area contributed by atoms with Crippen LogP contribution in [0.4, 0.5) is 0 Å². The summed E-state index contributed by atoms with van der Waals surface area (Å²) < 4.78 is 22.3. The summed E-state index contributed by atoms with van der Waals surface area (Å²) >= 11 is 0. The second kappa shape index (κ2) is 15.1. The summed E-state index contributed by atoms with van der Waals surface area (Å²) in [5, 5.41) is 9.27. The normalized spacial score (nSPS) is 10.4. The second-order valence-electron chi connectivity index (χ2n) is 8.30. The molecule has 0 aliphatic rings. The quantitative estimate of drug-likeness (QED) is 0.101. The standard InChI is InChI=1S/C30H34O6/c1-2-21-33-26-13-9-24(10-14-26)30(32)36-29-19-17-28(18-20-29)35-23-8-6-4-3-5-7-22-34-27-15-11-25(31)12-16-27/h2,9-20,31H,1,3-8,21-23H2. The molecular formula is C30H34O6. The summed E-state index contributed by atoms with van der Waals surface area (Å²) in [4.78, 5) is 12.3. The molecule has 0 amide bonds. The lowest BCUT2D eigenvalue weighted by Gasteiger charge is -2.09. The fourth-order valence-corrected chi connectivity index (χ4v) is 3.45. The van der Waals surface area contributed by atoms with E-state index in [9.17, 15) is 9.90 Å². The first kappa shape index (κ1) is 26.7. The van der Waals surface area contributed by atoms with E-state index >= 15 is 0 Å². The highest BCUT2D eigenvalue weighted by molar-refractivity contribution is 5.91. The lowest BCUT2D eigenvalue weighted by atomic mass is 10.1. The summed E-state index contributed by atoms with van der Waals surface area (Å²) in [5.41, 5.74) is 0.450. The minimum atomic E-state index is -0.425. The Morgan fingerprint density at radius 1 is 0.639 bits per heavy atom. The van der Waals surface area contributed by atoms with Crippen LogP contribution in [0.25, 0.3) is 0 Å². The maximum absolute atomic E-state index is 12.3. The first-order valence-corrected chi connectivity index (χ1v) is 12.3. The highest BCUT2D eigenvalue weighted by Gasteiger charge is 2.09. The number of aromatic hydroxyl groups is 1. The zero-order chi connectivity index (χ0) is 25.4. The zero-order valence-corrected chi connectivity index (χ0v) is 20.6. The Kier molecular flexibility index (Phi) is 11.2. The van der Waals surface area contributed by atoms with E-state index in [4.69, 9.17) is 18.9 Å². The van der Waals surface area contributed by atoms with Gasteiger partial charge in [0, 0.05) is 0 Å². The van der Waals surface area contributed by atoms with Crippen molar-refractivity contribution in [2.45, 2.75) is 38.5 Å². The second-order valence-corrected chi connectivity index (χ2v) is 8.30. The van der Waals surface area contributed by atoms with Crippen molar-refractivity contribution in [1.29, 1.82) is 0 Å². The lowest BCUT2D eigenvalue weighted by Crippen LogP contribution is -2.08. The summed E-state index contributed by atoms with van der Waals surface area (Å²) in [6.07, 6.45) is 8.26. The van der Waals surface area contributed by atoms with Crippen LogP contribution in [0, 0.1) is 0 Å². The van der Waals surface area contributed by atoms with Crippen LogP contribution in [0.15, 0.2) is 85.5 Å². The summed E-state index contributed by atoms with van der Waals surface area (Å²) in [7, 11) is 0. The van der Waals surface area contributed by atoms with E-state index in [1.54, 1.807) is 66.7 Å². The molecule has 0 saturated heterocycles. The first-order valence-electron chi connectivity index (χ1n) is 12.3. The number of phenolic OH excluding ortho intramolecular Hbond substituents is 1. The van der Waals surface area contributed by atoms with Crippen LogP contribution in [0.5, 0.6) is 28.7 Å². The Morgan fingerprint density at radius 2 is 1.08 bits per heavy atom. The smallest absolute Gasteiger partial charge is 0.343 e. The molecule has 6 heteroatoms. The Bertz CT molecular complexity index is 1040. The molecule has 0 spiro atoms. The van der Waals surface area contributed by atoms with E-state index in [2.05, 4.69) is 6.58 Å². The first-order chi connectivity index (χ1) is 17.6. The number of hydrogen-bond donors (Lipinski definition) is 1. The molecule has 0 saturated carbocycles. The van der Waals surface area contributed by atoms with Gasteiger partial charge in [-0.05, 0) is 85.6 Å². The fraction of sp³-hybridized carbons (Fsp3) is 0.300. The molecule has 190 valence electrons. The molecule has 0 aliphatic heterocycles. The molecule has 0 unspecified atom stereocenters. The molecule has 3 aromatic carbocycles. The average molecular weight is 491 g/mol. The predicted molar refractivity (Wildman–Crippen MR) is 140 cm³/mol. The predicted octanol–water partition coefficient (Wildman–Crippen LogP) is 6.97.